The molecule has 0 aromatic carbocycles. The molecule has 3 nitrogen and oxygen atoms in total. The fraction of sp³-hybridized carbons (Fsp3) is 0.600. The van der Waals surface area contributed by atoms with Gasteiger partial charge >= 0.3 is 0 Å². The number of carbonyl (C=O) groups is 1. The number of likely N-dealkylation sites (N-methyl/N-ethyl adjacent to an activating group) is 1. The number of pyridine rings is 1. The fourth-order valence-electron chi connectivity index (χ4n) is 3.28. The molecule has 1 fully saturated rings. The predicted octanol–water partition coefficient (Wildman–Crippen LogP) is 3.06. The number of aromatic nitrogens is 1. The first kappa shape index (κ1) is 14.1. The van der Waals surface area contributed by atoms with E-state index >= 15 is 0 Å². The molecule has 1 aliphatic carbocycles. The van der Waals surface area contributed by atoms with Crippen molar-refractivity contribution in [3.63, 3.8) is 0 Å². The molecule has 0 spiro atoms. The maximum Gasteiger partial charge on any atom is 0.184 e. The maximum absolute atomic E-state index is 13.3. The van der Waals surface area contributed by atoms with E-state index in [4.69, 9.17) is 0 Å². The van der Waals surface area contributed by atoms with Crippen molar-refractivity contribution in [2.24, 2.45) is 0 Å². The van der Waals surface area contributed by atoms with Gasteiger partial charge in [0.25, 0.3) is 0 Å². The summed E-state index contributed by atoms with van der Waals surface area (Å²) in [5.74, 6) is -0.417. The minimum absolute atomic E-state index is 0.0284. The van der Waals surface area contributed by atoms with Crippen molar-refractivity contribution in [2.75, 3.05) is 13.1 Å². The molecule has 0 saturated heterocycles. The largest absolute Gasteiger partial charge is 0.292 e. The van der Waals surface area contributed by atoms with E-state index in [1.54, 1.807) is 0 Å². The maximum atomic E-state index is 13.3. The van der Waals surface area contributed by atoms with Crippen LogP contribution in [0.25, 0.3) is 0 Å². The number of hydrogen-bond donors (Lipinski definition) is 0. The van der Waals surface area contributed by atoms with E-state index in [9.17, 15) is 9.18 Å². The van der Waals surface area contributed by atoms with Gasteiger partial charge in [0.05, 0.1) is 11.7 Å². The SMILES string of the molecule is CCN(CC)C1(C(=O)c2cncc(F)c2)CCCC1. The van der Waals surface area contributed by atoms with Gasteiger partial charge in [-0.2, -0.15) is 0 Å². The molecule has 2 rings (SSSR count). The highest BCUT2D eigenvalue weighted by molar-refractivity contribution is 6.03. The summed E-state index contributed by atoms with van der Waals surface area (Å²) >= 11 is 0. The van der Waals surface area contributed by atoms with Gasteiger partial charge in [-0.15, -0.1) is 0 Å². The molecule has 0 amide bonds. The Morgan fingerprint density at radius 1 is 1.32 bits per heavy atom. The lowest BCUT2D eigenvalue weighted by Gasteiger charge is -2.39. The highest BCUT2D eigenvalue weighted by Crippen LogP contribution is 2.37. The number of nitrogens with zero attached hydrogens (tertiary/aromatic N) is 2. The van der Waals surface area contributed by atoms with Crippen LogP contribution in [0.3, 0.4) is 0 Å². The fourth-order valence-corrected chi connectivity index (χ4v) is 3.28. The number of Topliss-reactive ketones (excluding diaryl/α,β-unsaturated/α-hetero) is 1. The molecule has 1 aromatic heterocycles. The first-order valence-corrected chi connectivity index (χ1v) is 7.04. The Labute approximate surface area is 113 Å². The predicted molar refractivity (Wildman–Crippen MR) is 72.6 cm³/mol. The Hall–Kier alpha value is -1.29. The van der Waals surface area contributed by atoms with Crippen molar-refractivity contribution in [2.45, 2.75) is 45.1 Å². The van der Waals surface area contributed by atoms with E-state index in [-0.39, 0.29) is 5.78 Å². The third-order valence-electron chi connectivity index (χ3n) is 4.19. The molecule has 0 bridgehead atoms. The van der Waals surface area contributed by atoms with Gasteiger partial charge in [-0.3, -0.25) is 14.7 Å². The van der Waals surface area contributed by atoms with E-state index in [0.29, 0.717) is 5.56 Å². The third kappa shape index (κ3) is 2.54. The molecule has 0 aliphatic heterocycles. The van der Waals surface area contributed by atoms with Crippen LogP contribution in [0.4, 0.5) is 4.39 Å². The summed E-state index contributed by atoms with van der Waals surface area (Å²) in [4.78, 5) is 18.9. The Morgan fingerprint density at radius 3 is 2.47 bits per heavy atom. The number of carbonyl (C=O) groups excluding carboxylic acids is 1. The molecule has 1 aromatic rings. The van der Waals surface area contributed by atoms with Gasteiger partial charge < -0.3 is 0 Å². The van der Waals surface area contributed by atoms with Gasteiger partial charge in [-0.1, -0.05) is 26.7 Å². The molecular weight excluding hydrogens is 243 g/mol. The van der Waals surface area contributed by atoms with Crippen LogP contribution in [0, 0.1) is 5.82 Å². The van der Waals surface area contributed by atoms with Crippen LogP contribution in [-0.2, 0) is 0 Å². The summed E-state index contributed by atoms with van der Waals surface area (Å²) in [6.45, 7) is 5.82. The lowest BCUT2D eigenvalue weighted by Crippen LogP contribution is -2.52. The van der Waals surface area contributed by atoms with Gasteiger partial charge in [-0.05, 0) is 32.0 Å². The smallest absolute Gasteiger partial charge is 0.184 e. The topological polar surface area (TPSA) is 33.2 Å². The van der Waals surface area contributed by atoms with Gasteiger partial charge in [0.15, 0.2) is 5.78 Å². The summed E-state index contributed by atoms with van der Waals surface area (Å²) in [6, 6.07) is 1.30. The third-order valence-corrected chi connectivity index (χ3v) is 4.19. The average Bonchev–Trinajstić information content (AvgIpc) is 2.90. The lowest BCUT2D eigenvalue weighted by molar-refractivity contribution is 0.0583. The van der Waals surface area contributed by atoms with Crippen LogP contribution in [0.2, 0.25) is 0 Å². The molecule has 19 heavy (non-hydrogen) atoms. The minimum atomic E-state index is -0.446. The molecule has 1 aliphatic rings. The van der Waals surface area contributed by atoms with E-state index in [2.05, 4.69) is 23.7 Å². The normalized spacial score (nSPS) is 17.9. The van der Waals surface area contributed by atoms with E-state index in [0.717, 1.165) is 45.0 Å². The number of halogens is 1. The second kappa shape index (κ2) is 5.78. The summed E-state index contributed by atoms with van der Waals surface area (Å²) in [7, 11) is 0. The first-order chi connectivity index (χ1) is 9.14. The number of rotatable bonds is 5. The van der Waals surface area contributed by atoms with Crippen molar-refractivity contribution >= 4 is 5.78 Å². The number of ketones is 1. The first-order valence-electron chi connectivity index (χ1n) is 7.04. The second-order valence-corrected chi connectivity index (χ2v) is 5.13. The standard InChI is InChI=1S/C15H21FN2O/c1-3-18(4-2)15(7-5-6-8-15)14(19)12-9-13(16)11-17-10-12/h9-11H,3-8H2,1-2H3. The Kier molecular flexibility index (Phi) is 4.30. The molecule has 104 valence electrons. The Balaban J connectivity index is 2.36. The van der Waals surface area contributed by atoms with Crippen LogP contribution in [-0.4, -0.2) is 34.3 Å². The van der Waals surface area contributed by atoms with Gasteiger partial charge in [0, 0.05) is 11.8 Å². The zero-order valence-corrected chi connectivity index (χ0v) is 11.7. The summed E-state index contributed by atoms with van der Waals surface area (Å²) in [5.41, 5.74) is -0.0484. The molecule has 4 heteroatoms. The minimum Gasteiger partial charge on any atom is -0.292 e. The van der Waals surface area contributed by atoms with Crippen LogP contribution in [0.5, 0.6) is 0 Å². The summed E-state index contributed by atoms with van der Waals surface area (Å²) in [6.07, 6.45) is 6.47. The lowest BCUT2D eigenvalue weighted by atomic mass is 9.86. The monoisotopic (exact) mass is 264 g/mol. The molecule has 0 N–H and O–H groups in total. The van der Waals surface area contributed by atoms with Crippen LogP contribution in [0.1, 0.15) is 49.9 Å². The van der Waals surface area contributed by atoms with Gasteiger partial charge in [-0.25, -0.2) is 4.39 Å². The molecule has 0 atom stereocenters. The van der Waals surface area contributed by atoms with Crippen molar-refractivity contribution in [1.29, 1.82) is 0 Å². The number of hydrogen-bond acceptors (Lipinski definition) is 3. The Bertz CT molecular complexity index is 451. The van der Waals surface area contributed by atoms with Crippen LogP contribution in [0.15, 0.2) is 18.5 Å². The van der Waals surface area contributed by atoms with E-state index in [1.165, 1.54) is 12.3 Å². The highest BCUT2D eigenvalue weighted by Gasteiger charge is 2.45. The van der Waals surface area contributed by atoms with E-state index < -0.39 is 11.4 Å². The van der Waals surface area contributed by atoms with Crippen molar-refractivity contribution in [1.82, 2.24) is 9.88 Å². The van der Waals surface area contributed by atoms with Crippen LogP contribution < -0.4 is 0 Å². The molecule has 1 saturated carbocycles. The molecule has 0 unspecified atom stereocenters. The van der Waals surface area contributed by atoms with Crippen molar-refractivity contribution in [3.8, 4) is 0 Å². The molecular formula is C15H21FN2O. The van der Waals surface area contributed by atoms with Gasteiger partial charge in [0.1, 0.15) is 5.82 Å². The van der Waals surface area contributed by atoms with Crippen LogP contribution >= 0.6 is 0 Å². The molecule has 0 radical (unpaired) electrons. The second-order valence-electron chi connectivity index (χ2n) is 5.13. The summed E-state index contributed by atoms with van der Waals surface area (Å²) in [5, 5.41) is 0. The zero-order valence-electron chi connectivity index (χ0n) is 11.7. The van der Waals surface area contributed by atoms with E-state index in [1.807, 2.05) is 0 Å². The van der Waals surface area contributed by atoms with Crippen molar-refractivity contribution in [3.05, 3.63) is 29.8 Å². The summed E-state index contributed by atoms with van der Waals surface area (Å²) < 4.78 is 13.3. The zero-order chi connectivity index (χ0) is 13.9. The van der Waals surface area contributed by atoms with Crippen molar-refractivity contribution < 1.29 is 9.18 Å². The molecule has 1 heterocycles. The quantitative estimate of drug-likeness (QED) is 0.766. The average molecular weight is 264 g/mol. The van der Waals surface area contributed by atoms with Gasteiger partial charge in [0.2, 0.25) is 0 Å². The highest BCUT2D eigenvalue weighted by atomic mass is 19.1. The Morgan fingerprint density at radius 2 is 1.95 bits per heavy atom.